The lowest BCUT2D eigenvalue weighted by atomic mass is 9.63. The molecule has 0 aromatic heterocycles. The molecule has 0 amide bonds. The van der Waals surface area contributed by atoms with Gasteiger partial charge in [0, 0.05) is 18.9 Å². The zero-order valence-electron chi connectivity index (χ0n) is 19.4. The molecule has 0 heterocycles. The molecule has 0 unspecified atom stereocenters. The van der Waals surface area contributed by atoms with Gasteiger partial charge in [0.1, 0.15) is 5.78 Å². The summed E-state index contributed by atoms with van der Waals surface area (Å²) >= 11 is 0. The minimum absolute atomic E-state index is 0.0133. The standard InChI is InChI=1S/C24H44O3Si/c1-8-24(9-2,27-28(5,6)7)16-11-17-26-18-19(3)20-13-14-21-22(25)12-10-15-23(20,21)4/h20-21H,3,8-18H2,1-2,4-7H3/t20-,21+,23-/m1/s1. The molecule has 3 nitrogen and oxygen atoms in total. The van der Waals surface area contributed by atoms with E-state index in [0.717, 1.165) is 64.4 Å². The molecule has 0 radical (unpaired) electrons. The quantitative estimate of drug-likeness (QED) is 0.221. The van der Waals surface area contributed by atoms with Crippen molar-refractivity contribution in [2.75, 3.05) is 13.2 Å². The number of ether oxygens (including phenoxy) is 1. The van der Waals surface area contributed by atoms with Crippen LogP contribution in [-0.4, -0.2) is 32.9 Å². The number of Topliss-reactive ketones (excluding diaryl/α,β-unsaturated/α-hetero) is 1. The molecule has 0 spiro atoms. The van der Waals surface area contributed by atoms with Crippen LogP contribution in [0, 0.1) is 17.3 Å². The number of carbonyl (C=O) groups is 1. The van der Waals surface area contributed by atoms with E-state index in [4.69, 9.17) is 9.16 Å². The Morgan fingerprint density at radius 2 is 1.93 bits per heavy atom. The molecule has 0 aromatic rings. The monoisotopic (exact) mass is 408 g/mol. The van der Waals surface area contributed by atoms with Crippen molar-refractivity contribution >= 4 is 14.1 Å². The van der Waals surface area contributed by atoms with Crippen LogP contribution in [0.3, 0.4) is 0 Å². The molecule has 4 heteroatoms. The van der Waals surface area contributed by atoms with Crippen LogP contribution >= 0.6 is 0 Å². The van der Waals surface area contributed by atoms with Gasteiger partial charge >= 0.3 is 0 Å². The van der Waals surface area contributed by atoms with Crippen molar-refractivity contribution in [3.63, 3.8) is 0 Å². The Morgan fingerprint density at radius 3 is 2.54 bits per heavy atom. The van der Waals surface area contributed by atoms with E-state index in [2.05, 4.69) is 47.0 Å². The Bertz CT molecular complexity index is 547. The van der Waals surface area contributed by atoms with E-state index >= 15 is 0 Å². The minimum atomic E-state index is -1.55. The van der Waals surface area contributed by atoms with Gasteiger partial charge in [0.15, 0.2) is 8.32 Å². The summed E-state index contributed by atoms with van der Waals surface area (Å²) in [6, 6.07) is 0. The van der Waals surface area contributed by atoms with Gasteiger partial charge in [-0.1, -0.05) is 27.4 Å². The third-order valence-corrected chi connectivity index (χ3v) is 8.42. The number of hydrogen-bond acceptors (Lipinski definition) is 3. The lowest BCUT2D eigenvalue weighted by Crippen LogP contribution is -2.42. The van der Waals surface area contributed by atoms with Crippen molar-refractivity contribution in [3.8, 4) is 0 Å². The number of rotatable bonds is 11. The van der Waals surface area contributed by atoms with Crippen molar-refractivity contribution < 1.29 is 14.0 Å². The highest BCUT2D eigenvalue weighted by molar-refractivity contribution is 6.69. The van der Waals surface area contributed by atoms with Crippen molar-refractivity contribution in [1.82, 2.24) is 0 Å². The highest BCUT2D eigenvalue weighted by Crippen LogP contribution is 2.56. The number of fused-ring (bicyclic) bond motifs is 1. The summed E-state index contributed by atoms with van der Waals surface area (Å²) in [5, 5.41) is 0. The smallest absolute Gasteiger partial charge is 0.184 e. The molecule has 162 valence electrons. The second-order valence-electron chi connectivity index (χ2n) is 10.4. The fourth-order valence-electron chi connectivity index (χ4n) is 5.85. The summed E-state index contributed by atoms with van der Waals surface area (Å²) in [6.45, 7) is 19.4. The lowest BCUT2D eigenvalue weighted by Gasteiger charge is -2.40. The van der Waals surface area contributed by atoms with Crippen LogP contribution in [0.4, 0.5) is 0 Å². The SMILES string of the molecule is C=C(COCCCC(CC)(CC)O[Si](C)(C)C)[C@H]1CC[C@H]2C(=O)CCC[C@]12C. The predicted octanol–water partition coefficient (Wildman–Crippen LogP) is 6.54. The second-order valence-corrected chi connectivity index (χ2v) is 14.9. The normalized spacial score (nSPS) is 28.4. The molecular weight excluding hydrogens is 364 g/mol. The zero-order chi connectivity index (χ0) is 21.0. The van der Waals surface area contributed by atoms with Crippen LogP contribution in [-0.2, 0) is 14.0 Å². The molecule has 0 aliphatic heterocycles. The van der Waals surface area contributed by atoms with Gasteiger partial charge in [-0.2, -0.15) is 0 Å². The highest BCUT2D eigenvalue weighted by atomic mass is 28.4. The Morgan fingerprint density at radius 1 is 1.25 bits per heavy atom. The van der Waals surface area contributed by atoms with E-state index in [-0.39, 0.29) is 16.9 Å². The highest BCUT2D eigenvalue weighted by Gasteiger charge is 2.51. The minimum Gasteiger partial charge on any atom is -0.412 e. The maximum atomic E-state index is 12.3. The topological polar surface area (TPSA) is 35.5 Å². The largest absolute Gasteiger partial charge is 0.412 e. The van der Waals surface area contributed by atoms with Crippen LogP contribution in [0.15, 0.2) is 12.2 Å². The van der Waals surface area contributed by atoms with Crippen molar-refractivity contribution in [2.45, 2.75) is 104 Å². The van der Waals surface area contributed by atoms with Crippen LogP contribution in [0.2, 0.25) is 19.6 Å². The van der Waals surface area contributed by atoms with Crippen LogP contribution < -0.4 is 0 Å². The Hall–Kier alpha value is -0.453. The molecule has 0 saturated heterocycles. The fourth-order valence-corrected chi connectivity index (χ4v) is 7.54. The van der Waals surface area contributed by atoms with Gasteiger partial charge in [-0.25, -0.2) is 0 Å². The van der Waals surface area contributed by atoms with E-state index in [1.807, 2.05) is 0 Å². The van der Waals surface area contributed by atoms with Crippen molar-refractivity contribution in [2.24, 2.45) is 17.3 Å². The second kappa shape index (κ2) is 9.57. The Labute approximate surface area is 174 Å². The van der Waals surface area contributed by atoms with Gasteiger partial charge in [-0.3, -0.25) is 4.79 Å². The van der Waals surface area contributed by atoms with Crippen LogP contribution in [0.5, 0.6) is 0 Å². The van der Waals surface area contributed by atoms with Crippen LogP contribution in [0.1, 0.15) is 78.6 Å². The number of hydrogen-bond donors (Lipinski definition) is 0. The van der Waals surface area contributed by atoms with Crippen molar-refractivity contribution in [1.29, 1.82) is 0 Å². The first-order chi connectivity index (χ1) is 13.1. The molecule has 0 N–H and O–H groups in total. The molecule has 0 bridgehead atoms. The molecule has 2 fully saturated rings. The summed E-state index contributed by atoms with van der Waals surface area (Å²) in [4.78, 5) is 12.3. The summed E-state index contributed by atoms with van der Waals surface area (Å²) < 4.78 is 12.6. The first kappa shape index (κ1) is 23.8. The first-order valence-electron chi connectivity index (χ1n) is 11.6. The zero-order valence-corrected chi connectivity index (χ0v) is 20.4. The van der Waals surface area contributed by atoms with Gasteiger partial charge in [0.2, 0.25) is 0 Å². The number of carbonyl (C=O) groups excluding carboxylic acids is 1. The van der Waals surface area contributed by atoms with E-state index in [9.17, 15) is 4.79 Å². The molecule has 2 saturated carbocycles. The predicted molar refractivity (Wildman–Crippen MR) is 120 cm³/mol. The van der Waals surface area contributed by atoms with Crippen LogP contribution in [0.25, 0.3) is 0 Å². The summed E-state index contributed by atoms with van der Waals surface area (Å²) in [6.07, 6.45) is 9.37. The molecule has 2 rings (SSSR count). The Kier molecular flexibility index (Phi) is 8.14. The van der Waals surface area contributed by atoms with Gasteiger partial charge in [-0.15, -0.1) is 0 Å². The molecule has 0 aromatic carbocycles. The van der Waals surface area contributed by atoms with Gasteiger partial charge in [-0.05, 0) is 87.9 Å². The van der Waals surface area contributed by atoms with E-state index in [1.54, 1.807) is 0 Å². The average molecular weight is 409 g/mol. The Balaban J connectivity index is 1.79. The summed E-state index contributed by atoms with van der Waals surface area (Å²) in [7, 11) is -1.55. The maximum Gasteiger partial charge on any atom is 0.184 e. The molecule has 2 aliphatic carbocycles. The van der Waals surface area contributed by atoms with Crippen molar-refractivity contribution in [3.05, 3.63) is 12.2 Å². The fraction of sp³-hybridized carbons (Fsp3) is 0.875. The molecule has 3 atom stereocenters. The van der Waals surface area contributed by atoms with E-state index < -0.39 is 8.32 Å². The van der Waals surface area contributed by atoms with Gasteiger partial charge < -0.3 is 9.16 Å². The molecule has 2 aliphatic rings. The molecular formula is C24H44O3Si. The van der Waals surface area contributed by atoms with E-state index in [1.165, 1.54) is 5.57 Å². The lowest BCUT2D eigenvalue weighted by molar-refractivity contribution is -0.129. The third-order valence-electron chi connectivity index (χ3n) is 7.38. The summed E-state index contributed by atoms with van der Waals surface area (Å²) in [5.41, 5.74) is 1.34. The average Bonchev–Trinajstić information content (AvgIpc) is 2.97. The summed E-state index contributed by atoms with van der Waals surface area (Å²) in [5.74, 6) is 1.20. The maximum absolute atomic E-state index is 12.3. The number of ketones is 1. The third kappa shape index (κ3) is 5.57. The first-order valence-corrected chi connectivity index (χ1v) is 15.0. The van der Waals surface area contributed by atoms with E-state index in [0.29, 0.717) is 18.3 Å². The van der Waals surface area contributed by atoms with Gasteiger partial charge in [0.05, 0.1) is 12.2 Å². The molecule has 28 heavy (non-hydrogen) atoms. The van der Waals surface area contributed by atoms with Gasteiger partial charge in [0.25, 0.3) is 0 Å².